The average molecular weight is 341 g/mol. The van der Waals surface area contributed by atoms with Crippen molar-refractivity contribution in [2.75, 3.05) is 18.9 Å². The van der Waals surface area contributed by atoms with Crippen LogP contribution in [-0.2, 0) is 19.4 Å². The Morgan fingerprint density at radius 3 is 2.88 bits per heavy atom. The Hall–Kier alpha value is -2.18. The van der Waals surface area contributed by atoms with E-state index in [2.05, 4.69) is 6.92 Å². The molecule has 2 aromatic heterocycles. The van der Waals surface area contributed by atoms with Gasteiger partial charge in [0, 0.05) is 12.8 Å². The molecule has 4 rings (SSSR count). The topological polar surface area (TPSA) is 65.3 Å². The molecule has 124 valence electrons. The number of thiophene rings is 1. The molecule has 1 aliphatic heterocycles. The molecule has 0 radical (unpaired) electrons. The van der Waals surface area contributed by atoms with Gasteiger partial charge in [0.25, 0.3) is 5.56 Å². The summed E-state index contributed by atoms with van der Waals surface area (Å²) in [5.74, 6) is 6.71. The molecule has 1 atom stereocenters. The van der Waals surface area contributed by atoms with Crippen molar-refractivity contribution in [3.8, 4) is 0 Å². The van der Waals surface area contributed by atoms with Crippen molar-refractivity contribution in [3.05, 3.63) is 62.5 Å². The Morgan fingerprint density at radius 1 is 1.33 bits per heavy atom. The largest absolute Gasteiger partial charge is 0.335 e. The molecule has 0 bridgehead atoms. The maximum Gasteiger partial charge on any atom is 0.280 e. The predicted octanol–water partition coefficient (Wildman–Crippen LogP) is 0.724. The number of hydrogen-bond acceptors (Lipinski definition) is 4. The van der Waals surface area contributed by atoms with Crippen molar-refractivity contribution in [2.24, 2.45) is 0 Å². The minimum absolute atomic E-state index is 0.108. The zero-order chi connectivity index (χ0) is 16.7. The van der Waals surface area contributed by atoms with Crippen molar-refractivity contribution in [2.45, 2.75) is 26.3 Å². The molecule has 0 fully saturated rings. The summed E-state index contributed by atoms with van der Waals surface area (Å²) in [6.07, 6.45) is 1.50. The molecular formula is C18H21N4OS+. The first kappa shape index (κ1) is 15.4. The number of quaternary nitrogens is 1. The lowest BCUT2D eigenvalue weighted by atomic mass is 10.1. The van der Waals surface area contributed by atoms with Crippen molar-refractivity contribution < 1.29 is 4.90 Å². The second kappa shape index (κ2) is 6.03. The van der Waals surface area contributed by atoms with Crippen LogP contribution in [0.5, 0.6) is 0 Å². The lowest BCUT2D eigenvalue weighted by Crippen LogP contribution is -3.11. The quantitative estimate of drug-likeness (QED) is 0.690. The van der Waals surface area contributed by atoms with E-state index in [4.69, 9.17) is 10.8 Å². The summed E-state index contributed by atoms with van der Waals surface area (Å²) >= 11 is 1.67. The smallest absolute Gasteiger partial charge is 0.280 e. The first-order valence-electron chi connectivity index (χ1n) is 8.36. The second-order valence-electron chi connectivity index (χ2n) is 6.33. The second-order valence-corrected chi connectivity index (χ2v) is 7.41. The third-order valence-electron chi connectivity index (χ3n) is 4.86. The number of benzene rings is 1. The fourth-order valence-electron chi connectivity index (χ4n) is 3.44. The molecule has 3 heterocycles. The number of hydrogen-bond donors (Lipinski definition) is 2. The number of nitrogens with zero attached hydrogens (tertiary/aromatic N) is 2. The fraction of sp³-hybridized carbons (Fsp3) is 0.333. The van der Waals surface area contributed by atoms with Crippen LogP contribution >= 0.6 is 11.3 Å². The Bertz CT molecular complexity index is 945. The summed E-state index contributed by atoms with van der Waals surface area (Å²) in [5.41, 5.74) is 2.17. The molecule has 24 heavy (non-hydrogen) atoms. The van der Waals surface area contributed by atoms with Gasteiger partial charge in [-0.15, -0.1) is 11.3 Å². The highest BCUT2D eigenvalue weighted by Gasteiger charge is 2.26. The van der Waals surface area contributed by atoms with Gasteiger partial charge < -0.3 is 10.7 Å². The molecule has 5 nitrogen and oxygen atoms in total. The number of fused-ring (bicyclic) bond motifs is 3. The Labute approximate surface area is 144 Å². The molecule has 1 unspecified atom stereocenters. The summed E-state index contributed by atoms with van der Waals surface area (Å²) in [6.45, 7) is 5.38. The number of nitrogen functional groups attached to an aromatic ring is 1. The minimum atomic E-state index is -0.108. The van der Waals surface area contributed by atoms with E-state index in [-0.39, 0.29) is 5.56 Å². The predicted molar refractivity (Wildman–Crippen MR) is 97.1 cm³/mol. The van der Waals surface area contributed by atoms with Gasteiger partial charge in [0.15, 0.2) is 0 Å². The molecule has 3 aromatic rings. The highest BCUT2D eigenvalue weighted by molar-refractivity contribution is 7.18. The summed E-state index contributed by atoms with van der Waals surface area (Å²) in [7, 11) is 0. The van der Waals surface area contributed by atoms with Gasteiger partial charge >= 0.3 is 0 Å². The maximum atomic E-state index is 12.8. The van der Waals surface area contributed by atoms with Crippen LogP contribution < -0.4 is 16.3 Å². The summed E-state index contributed by atoms with van der Waals surface area (Å²) < 4.78 is 1.24. The SMILES string of the molecule is CC[NH+]1CCc2c(sc3nc(Cc4ccccc4)n(N)c(=O)c23)C1. The molecule has 1 aliphatic rings. The van der Waals surface area contributed by atoms with Crippen LogP contribution in [-0.4, -0.2) is 22.7 Å². The molecule has 3 N–H and O–H groups in total. The van der Waals surface area contributed by atoms with E-state index in [1.165, 1.54) is 15.1 Å². The fourth-order valence-corrected chi connectivity index (χ4v) is 4.74. The monoisotopic (exact) mass is 341 g/mol. The zero-order valence-electron chi connectivity index (χ0n) is 13.7. The molecule has 0 spiro atoms. The van der Waals surface area contributed by atoms with E-state index in [0.29, 0.717) is 12.2 Å². The van der Waals surface area contributed by atoms with Crippen molar-refractivity contribution in [3.63, 3.8) is 0 Å². The highest BCUT2D eigenvalue weighted by Crippen LogP contribution is 2.29. The number of likely N-dealkylation sites (N-methyl/N-ethyl adjacent to an activating group) is 1. The molecule has 0 aliphatic carbocycles. The lowest BCUT2D eigenvalue weighted by Gasteiger charge is -2.22. The van der Waals surface area contributed by atoms with Gasteiger partial charge in [-0.1, -0.05) is 30.3 Å². The van der Waals surface area contributed by atoms with Crippen molar-refractivity contribution in [1.82, 2.24) is 9.66 Å². The first-order chi connectivity index (χ1) is 11.7. The summed E-state index contributed by atoms with van der Waals surface area (Å²) in [5, 5.41) is 0.740. The van der Waals surface area contributed by atoms with Crippen LogP contribution in [0.3, 0.4) is 0 Å². The maximum absolute atomic E-state index is 12.8. The average Bonchev–Trinajstić information content (AvgIpc) is 2.97. The minimum Gasteiger partial charge on any atom is -0.335 e. The van der Waals surface area contributed by atoms with Gasteiger partial charge in [0.1, 0.15) is 17.2 Å². The third kappa shape index (κ3) is 2.52. The molecule has 0 amide bonds. The van der Waals surface area contributed by atoms with E-state index >= 15 is 0 Å². The van der Waals surface area contributed by atoms with E-state index in [0.717, 1.165) is 41.8 Å². The Morgan fingerprint density at radius 2 is 2.12 bits per heavy atom. The molecule has 1 aromatic carbocycles. The van der Waals surface area contributed by atoms with Crippen molar-refractivity contribution in [1.29, 1.82) is 0 Å². The summed E-state index contributed by atoms with van der Waals surface area (Å²) in [4.78, 5) is 21.3. The number of rotatable bonds is 3. The highest BCUT2D eigenvalue weighted by atomic mass is 32.1. The van der Waals surface area contributed by atoms with E-state index in [1.807, 2.05) is 30.3 Å². The zero-order valence-corrected chi connectivity index (χ0v) is 14.5. The van der Waals surface area contributed by atoms with Crippen LogP contribution in [0.2, 0.25) is 0 Å². The van der Waals surface area contributed by atoms with Gasteiger partial charge in [-0.2, -0.15) is 0 Å². The molecule has 0 saturated heterocycles. The van der Waals surface area contributed by atoms with Crippen molar-refractivity contribution >= 4 is 21.6 Å². The number of aromatic nitrogens is 2. The van der Waals surface area contributed by atoms with Gasteiger partial charge in [-0.05, 0) is 18.1 Å². The van der Waals surface area contributed by atoms with Gasteiger partial charge in [-0.3, -0.25) is 4.79 Å². The third-order valence-corrected chi connectivity index (χ3v) is 5.98. The van der Waals surface area contributed by atoms with Crippen LogP contribution in [0, 0.1) is 0 Å². The Kier molecular flexibility index (Phi) is 3.86. The van der Waals surface area contributed by atoms with Crippen LogP contribution in [0.25, 0.3) is 10.2 Å². The first-order valence-corrected chi connectivity index (χ1v) is 9.17. The van der Waals surface area contributed by atoms with Crippen LogP contribution in [0.1, 0.15) is 28.8 Å². The van der Waals surface area contributed by atoms with E-state index in [9.17, 15) is 4.79 Å². The number of nitrogens with one attached hydrogen (secondary N) is 1. The molecule has 0 saturated carbocycles. The van der Waals surface area contributed by atoms with E-state index in [1.54, 1.807) is 16.2 Å². The van der Waals surface area contributed by atoms with Crippen LogP contribution in [0.15, 0.2) is 35.1 Å². The molecular weight excluding hydrogens is 320 g/mol. The van der Waals surface area contributed by atoms with E-state index < -0.39 is 0 Å². The normalized spacial score (nSPS) is 17.1. The number of nitrogens with two attached hydrogens (primary N) is 1. The molecule has 6 heteroatoms. The van der Waals surface area contributed by atoms with Gasteiger partial charge in [0.2, 0.25) is 0 Å². The summed E-state index contributed by atoms with van der Waals surface area (Å²) in [6, 6.07) is 10.00. The van der Waals surface area contributed by atoms with Crippen LogP contribution in [0.4, 0.5) is 0 Å². The lowest BCUT2D eigenvalue weighted by molar-refractivity contribution is -0.913. The standard InChI is InChI=1S/C18H20N4OS/c1-2-21-9-8-13-14(11-21)24-17-16(13)18(23)22(19)15(20-17)10-12-6-4-3-5-7-12/h3-7H,2,8-11,19H2,1H3/p+1. The van der Waals surface area contributed by atoms with Gasteiger partial charge in [0.05, 0.1) is 23.4 Å². The van der Waals surface area contributed by atoms with Gasteiger partial charge in [-0.25, -0.2) is 9.66 Å². The Balaban J connectivity index is 1.81.